The number of carboxylic acids is 1. The number of hydrogen-bond acceptors (Lipinski definition) is 5. The number of carboxylic acid groups (broad SMARTS) is 1. The minimum Gasteiger partial charge on any atom is -0.475 e. The van der Waals surface area contributed by atoms with Gasteiger partial charge in [-0.15, -0.1) is 0 Å². The molecule has 0 aromatic carbocycles. The number of halogens is 3. The van der Waals surface area contributed by atoms with Crippen LogP contribution >= 0.6 is 0 Å². The summed E-state index contributed by atoms with van der Waals surface area (Å²) in [6.07, 6.45) is 2.43. The van der Waals surface area contributed by atoms with Crippen LogP contribution in [0, 0.1) is 0 Å². The van der Waals surface area contributed by atoms with Crippen LogP contribution in [0.4, 0.5) is 19.0 Å². The number of aromatic nitrogens is 3. The van der Waals surface area contributed by atoms with Gasteiger partial charge in [-0.25, -0.2) is 9.78 Å². The molecule has 1 saturated heterocycles. The highest BCUT2D eigenvalue weighted by atomic mass is 19.4. The average molecular weight is 502 g/mol. The molecule has 36 heavy (non-hydrogen) atoms. The highest BCUT2D eigenvalue weighted by Gasteiger charge is 2.38. The Kier molecular flexibility index (Phi) is 7.27. The van der Waals surface area contributed by atoms with Gasteiger partial charge in [-0.1, -0.05) is 6.92 Å². The number of fused-ring (bicyclic) bond motifs is 1. The van der Waals surface area contributed by atoms with Gasteiger partial charge in [-0.05, 0) is 49.6 Å². The van der Waals surface area contributed by atoms with Gasteiger partial charge in [0.05, 0.1) is 11.3 Å². The smallest absolute Gasteiger partial charge is 0.475 e. The highest BCUT2D eigenvalue weighted by Crippen LogP contribution is 2.30. The van der Waals surface area contributed by atoms with E-state index < -0.39 is 12.1 Å². The van der Waals surface area contributed by atoms with Gasteiger partial charge in [0.2, 0.25) is 0 Å². The van der Waals surface area contributed by atoms with Crippen molar-refractivity contribution in [1.82, 2.24) is 20.3 Å². The van der Waals surface area contributed by atoms with Crippen molar-refractivity contribution in [2.45, 2.75) is 38.3 Å². The summed E-state index contributed by atoms with van der Waals surface area (Å²) < 4.78 is 31.7. The Labute approximate surface area is 205 Å². The fraction of sp³-hybridized carbons (Fsp3) is 0.360. The number of carbonyl (C=O) groups excluding carboxylic acids is 1. The van der Waals surface area contributed by atoms with Crippen molar-refractivity contribution in [3.63, 3.8) is 0 Å². The van der Waals surface area contributed by atoms with Crippen molar-refractivity contribution in [3.8, 4) is 22.5 Å². The summed E-state index contributed by atoms with van der Waals surface area (Å²) in [4.78, 5) is 36.1. The number of nitrogens with zero attached hydrogens (tertiary/aromatic N) is 3. The zero-order chi connectivity index (χ0) is 25.9. The first-order valence-electron chi connectivity index (χ1n) is 11.6. The molecule has 0 saturated carbocycles. The lowest BCUT2D eigenvalue weighted by Gasteiger charge is -2.27. The Bertz CT molecular complexity index is 1230. The number of amides is 1. The maximum Gasteiger partial charge on any atom is 0.490 e. The average Bonchev–Trinajstić information content (AvgIpc) is 3.34. The van der Waals surface area contributed by atoms with E-state index in [-0.39, 0.29) is 11.8 Å². The van der Waals surface area contributed by atoms with Crippen LogP contribution < -0.4 is 10.2 Å². The number of hydrogen-bond donors (Lipinski definition) is 3. The van der Waals surface area contributed by atoms with E-state index in [0.717, 1.165) is 52.7 Å². The fourth-order valence-electron chi connectivity index (χ4n) is 4.25. The summed E-state index contributed by atoms with van der Waals surface area (Å²) in [6, 6.07) is 10.2. The number of piperidine rings is 1. The van der Waals surface area contributed by atoms with Crippen molar-refractivity contribution in [2.24, 2.45) is 0 Å². The predicted octanol–water partition coefficient (Wildman–Crippen LogP) is 4.61. The van der Waals surface area contributed by atoms with Gasteiger partial charge in [0.1, 0.15) is 5.82 Å². The first kappa shape index (κ1) is 25.2. The number of H-pyrrole nitrogens is 1. The van der Waals surface area contributed by atoms with Crippen molar-refractivity contribution in [2.75, 3.05) is 24.5 Å². The summed E-state index contributed by atoms with van der Waals surface area (Å²) in [5.41, 5.74) is 5.59. The zero-order valence-corrected chi connectivity index (χ0v) is 19.6. The molecule has 1 fully saturated rings. The molecule has 190 valence electrons. The van der Waals surface area contributed by atoms with Crippen LogP contribution in [0.5, 0.6) is 0 Å². The van der Waals surface area contributed by atoms with E-state index in [9.17, 15) is 18.0 Å². The molecule has 0 aliphatic carbocycles. The Morgan fingerprint density at radius 3 is 2.42 bits per heavy atom. The van der Waals surface area contributed by atoms with Gasteiger partial charge in [0, 0.05) is 60.5 Å². The maximum absolute atomic E-state index is 12.2. The van der Waals surface area contributed by atoms with Gasteiger partial charge >= 0.3 is 12.1 Å². The summed E-state index contributed by atoms with van der Waals surface area (Å²) in [5, 5.41) is 10.1. The molecule has 0 radical (unpaired) electrons. The molecule has 1 unspecified atom stereocenters. The second kappa shape index (κ2) is 10.4. The first-order valence-corrected chi connectivity index (χ1v) is 11.6. The SMILES string of the molecule is CC1CNC(=O)c2cc(-c3ccnc(-c4ccc(N5CCCCC5)nc4)c3)[nH]c21.O=C(O)C(F)(F)F. The second-order valence-corrected chi connectivity index (χ2v) is 8.81. The third-order valence-corrected chi connectivity index (χ3v) is 6.19. The van der Waals surface area contributed by atoms with E-state index in [1.54, 1.807) is 0 Å². The van der Waals surface area contributed by atoms with Crippen LogP contribution in [0.15, 0.2) is 42.7 Å². The van der Waals surface area contributed by atoms with E-state index in [1.165, 1.54) is 19.3 Å². The standard InChI is InChI=1S/C23H25N5O.C2HF3O2/c1-15-13-26-23(29)18-12-20(27-22(15)18)16-7-8-24-19(11-16)17-5-6-21(25-14-17)28-9-3-2-4-10-28;3-2(4,5)1(6)7/h5-8,11-12,14-15,27H,2-4,9-10,13H2,1H3,(H,26,29);(H,6,7). The molecule has 5 heterocycles. The molecule has 0 spiro atoms. The number of nitrogens with one attached hydrogen (secondary N) is 2. The predicted molar refractivity (Wildman–Crippen MR) is 128 cm³/mol. The minimum atomic E-state index is -5.08. The Morgan fingerprint density at radius 2 is 1.81 bits per heavy atom. The summed E-state index contributed by atoms with van der Waals surface area (Å²) in [6.45, 7) is 4.96. The third kappa shape index (κ3) is 5.67. The van der Waals surface area contributed by atoms with E-state index in [1.807, 2.05) is 24.5 Å². The maximum atomic E-state index is 12.2. The number of aromatic amines is 1. The largest absolute Gasteiger partial charge is 0.490 e. The molecule has 1 atom stereocenters. The minimum absolute atomic E-state index is 0.00705. The molecule has 2 aliphatic rings. The first-order chi connectivity index (χ1) is 17.1. The molecular formula is C25H26F3N5O3. The van der Waals surface area contributed by atoms with Crippen molar-refractivity contribution >= 4 is 17.7 Å². The fourth-order valence-corrected chi connectivity index (χ4v) is 4.25. The number of carbonyl (C=O) groups is 2. The van der Waals surface area contributed by atoms with Crippen LogP contribution in [-0.2, 0) is 4.79 Å². The molecule has 0 bridgehead atoms. The molecule has 2 aliphatic heterocycles. The molecule has 3 aromatic rings. The lowest BCUT2D eigenvalue weighted by molar-refractivity contribution is -0.192. The second-order valence-electron chi connectivity index (χ2n) is 8.81. The molecule has 1 amide bonds. The monoisotopic (exact) mass is 501 g/mol. The third-order valence-electron chi connectivity index (χ3n) is 6.19. The van der Waals surface area contributed by atoms with Crippen LogP contribution in [0.1, 0.15) is 48.2 Å². The van der Waals surface area contributed by atoms with E-state index in [4.69, 9.17) is 9.90 Å². The van der Waals surface area contributed by atoms with Gasteiger partial charge in [-0.3, -0.25) is 9.78 Å². The van der Waals surface area contributed by atoms with Crippen LogP contribution in [0.2, 0.25) is 0 Å². The van der Waals surface area contributed by atoms with E-state index in [2.05, 4.69) is 50.3 Å². The molecule has 3 N–H and O–H groups in total. The topological polar surface area (TPSA) is 111 Å². The van der Waals surface area contributed by atoms with Crippen LogP contribution in [0.25, 0.3) is 22.5 Å². The van der Waals surface area contributed by atoms with Gasteiger partial charge in [-0.2, -0.15) is 13.2 Å². The molecule has 11 heteroatoms. The lowest BCUT2D eigenvalue weighted by atomic mass is 9.99. The highest BCUT2D eigenvalue weighted by molar-refractivity contribution is 5.98. The normalized spacial score (nSPS) is 17.5. The van der Waals surface area contributed by atoms with Crippen molar-refractivity contribution < 1.29 is 27.9 Å². The van der Waals surface area contributed by atoms with Gasteiger partial charge in [0.15, 0.2) is 0 Å². The quantitative estimate of drug-likeness (QED) is 0.483. The number of aliphatic carboxylic acids is 1. The van der Waals surface area contributed by atoms with E-state index >= 15 is 0 Å². The van der Waals surface area contributed by atoms with Gasteiger partial charge < -0.3 is 20.3 Å². The zero-order valence-electron chi connectivity index (χ0n) is 19.6. The molecule has 5 rings (SSSR count). The van der Waals surface area contributed by atoms with Crippen LogP contribution in [0.3, 0.4) is 0 Å². The number of anilines is 1. The summed E-state index contributed by atoms with van der Waals surface area (Å²) in [5.74, 6) is -1.44. The Hall–Kier alpha value is -3.89. The Morgan fingerprint density at radius 1 is 1.08 bits per heavy atom. The Balaban J connectivity index is 0.000000384. The molecule has 3 aromatic heterocycles. The molecule has 8 nitrogen and oxygen atoms in total. The number of rotatable bonds is 3. The van der Waals surface area contributed by atoms with E-state index in [0.29, 0.717) is 6.54 Å². The van der Waals surface area contributed by atoms with Crippen molar-refractivity contribution in [3.05, 3.63) is 54.0 Å². The molecular weight excluding hydrogens is 475 g/mol. The number of alkyl halides is 3. The van der Waals surface area contributed by atoms with Crippen LogP contribution in [-0.4, -0.2) is 57.7 Å². The number of pyridine rings is 2. The summed E-state index contributed by atoms with van der Waals surface area (Å²) >= 11 is 0. The van der Waals surface area contributed by atoms with Gasteiger partial charge in [0.25, 0.3) is 5.91 Å². The lowest BCUT2D eigenvalue weighted by Crippen LogP contribution is -2.33. The van der Waals surface area contributed by atoms with Crippen molar-refractivity contribution in [1.29, 1.82) is 0 Å². The summed E-state index contributed by atoms with van der Waals surface area (Å²) in [7, 11) is 0.